The van der Waals surface area contributed by atoms with E-state index in [2.05, 4.69) is 5.32 Å². The molecule has 0 aromatic rings. The second kappa shape index (κ2) is 4.69. The molecule has 0 bridgehead atoms. The first-order valence-electron chi connectivity index (χ1n) is 5.22. The summed E-state index contributed by atoms with van der Waals surface area (Å²) >= 11 is 0. The number of nitrogens with zero attached hydrogens (tertiary/aromatic N) is 1. The minimum atomic E-state index is -0.626. The second-order valence-electron chi connectivity index (χ2n) is 4.56. The Morgan fingerprint density at radius 1 is 1.44 bits per heavy atom. The van der Waals surface area contributed by atoms with Crippen LogP contribution in [-0.2, 0) is 14.4 Å². The first-order chi connectivity index (χ1) is 7.35. The van der Waals surface area contributed by atoms with Gasteiger partial charge in [-0.3, -0.25) is 9.63 Å². The van der Waals surface area contributed by atoms with Gasteiger partial charge in [0.25, 0.3) is 0 Å². The highest BCUT2D eigenvalue weighted by Gasteiger charge is 2.37. The molecule has 16 heavy (non-hydrogen) atoms. The molecule has 6 nitrogen and oxygen atoms in total. The second-order valence-corrected chi connectivity index (χ2v) is 4.56. The maximum absolute atomic E-state index is 11.7. The lowest BCUT2D eigenvalue weighted by Crippen LogP contribution is -2.46. The molecule has 1 unspecified atom stereocenters. The van der Waals surface area contributed by atoms with E-state index >= 15 is 0 Å². The standard InChI is InChI=1S/C10H18N2O4/c1-10(2,3)16-9(14)12-7(5-6-15-12)8(13)11-4/h7H,5-6H2,1-4H3,(H,11,13). The predicted molar refractivity (Wildman–Crippen MR) is 56.5 cm³/mol. The smallest absolute Gasteiger partial charge is 0.435 e. The van der Waals surface area contributed by atoms with E-state index in [1.54, 1.807) is 20.8 Å². The molecule has 1 N–H and O–H groups in total. The molecule has 0 aromatic carbocycles. The third-order valence-electron chi connectivity index (χ3n) is 2.03. The number of hydroxylamine groups is 2. The van der Waals surface area contributed by atoms with E-state index in [1.165, 1.54) is 7.05 Å². The Bertz CT molecular complexity index is 285. The topological polar surface area (TPSA) is 67.9 Å². The fourth-order valence-electron chi connectivity index (χ4n) is 1.36. The zero-order valence-corrected chi connectivity index (χ0v) is 10.1. The van der Waals surface area contributed by atoms with Gasteiger partial charge in [0.2, 0.25) is 5.91 Å². The summed E-state index contributed by atoms with van der Waals surface area (Å²) in [6.45, 7) is 5.62. The van der Waals surface area contributed by atoms with Crippen molar-refractivity contribution >= 4 is 12.0 Å². The normalized spacial score (nSPS) is 20.8. The van der Waals surface area contributed by atoms with Crippen molar-refractivity contribution in [1.82, 2.24) is 10.4 Å². The average molecular weight is 230 g/mol. The van der Waals surface area contributed by atoms with Crippen molar-refractivity contribution in [3.8, 4) is 0 Å². The molecule has 1 rings (SSSR count). The molecular weight excluding hydrogens is 212 g/mol. The van der Waals surface area contributed by atoms with Gasteiger partial charge in [-0.05, 0) is 20.8 Å². The number of carbonyl (C=O) groups excluding carboxylic acids is 2. The average Bonchev–Trinajstić information content (AvgIpc) is 2.62. The molecule has 1 saturated heterocycles. The third-order valence-corrected chi connectivity index (χ3v) is 2.03. The summed E-state index contributed by atoms with van der Waals surface area (Å²) in [5, 5.41) is 3.49. The SMILES string of the molecule is CNC(=O)C1CCON1C(=O)OC(C)(C)C. The van der Waals surface area contributed by atoms with Gasteiger partial charge in [0.15, 0.2) is 0 Å². The number of hydrogen-bond donors (Lipinski definition) is 1. The third kappa shape index (κ3) is 3.10. The Balaban J connectivity index is 2.65. The van der Waals surface area contributed by atoms with Crippen LogP contribution in [0.3, 0.4) is 0 Å². The number of amides is 2. The van der Waals surface area contributed by atoms with Crippen LogP contribution in [0.15, 0.2) is 0 Å². The maximum atomic E-state index is 11.7. The fourth-order valence-corrected chi connectivity index (χ4v) is 1.36. The van der Waals surface area contributed by atoms with Gasteiger partial charge in [0, 0.05) is 13.5 Å². The van der Waals surface area contributed by atoms with E-state index in [0.717, 1.165) is 5.06 Å². The molecule has 0 spiro atoms. The highest BCUT2D eigenvalue weighted by atomic mass is 16.7. The fraction of sp³-hybridized carbons (Fsp3) is 0.800. The van der Waals surface area contributed by atoms with Crippen molar-refractivity contribution in [2.45, 2.75) is 38.8 Å². The number of rotatable bonds is 1. The molecule has 1 heterocycles. The van der Waals surface area contributed by atoms with Gasteiger partial charge >= 0.3 is 6.09 Å². The molecule has 1 fully saturated rings. The van der Waals surface area contributed by atoms with Crippen LogP contribution in [0.25, 0.3) is 0 Å². The summed E-state index contributed by atoms with van der Waals surface area (Å²) in [5.74, 6) is -0.247. The van der Waals surface area contributed by atoms with Crippen LogP contribution in [0.2, 0.25) is 0 Å². The van der Waals surface area contributed by atoms with Crippen LogP contribution in [0.4, 0.5) is 4.79 Å². The van der Waals surface area contributed by atoms with Crippen molar-refractivity contribution in [2.75, 3.05) is 13.7 Å². The largest absolute Gasteiger partial charge is 0.442 e. The van der Waals surface area contributed by atoms with Crippen molar-refractivity contribution in [3.05, 3.63) is 0 Å². The Labute approximate surface area is 94.8 Å². The van der Waals surface area contributed by atoms with Crippen LogP contribution in [0.1, 0.15) is 27.2 Å². The Hall–Kier alpha value is -1.30. The number of hydrogen-bond acceptors (Lipinski definition) is 4. The molecular formula is C10H18N2O4. The summed E-state index contributed by atoms with van der Waals surface area (Å²) in [5.41, 5.74) is -0.601. The predicted octanol–water partition coefficient (Wildman–Crippen LogP) is 0.673. The summed E-state index contributed by atoms with van der Waals surface area (Å²) in [4.78, 5) is 28.2. The van der Waals surface area contributed by atoms with Gasteiger partial charge in [0.1, 0.15) is 11.6 Å². The van der Waals surface area contributed by atoms with Gasteiger partial charge < -0.3 is 10.1 Å². The van der Waals surface area contributed by atoms with E-state index in [1.807, 2.05) is 0 Å². The highest BCUT2D eigenvalue weighted by Crippen LogP contribution is 2.19. The first kappa shape index (κ1) is 12.8. The molecule has 6 heteroatoms. The molecule has 92 valence electrons. The minimum Gasteiger partial charge on any atom is -0.442 e. The van der Waals surface area contributed by atoms with Crippen LogP contribution < -0.4 is 5.32 Å². The number of ether oxygens (including phenoxy) is 1. The van der Waals surface area contributed by atoms with Crippen LogP contribution >= 0.6 is 0 Å². The van der Waals surface area contributed by atoms with Crippen molar-refractivity contribution in [1.29, 1.82) is 0 Å². The molecule has 0 aliphatic carbocycles. The van der Waals surface area contributed by atoms with E-state index in [-0.39, 0.29) is 5.91 Å². The van der Waals surface area contributed by atoms with E-state index in [4.69, 9.17) is 9.57 Å². The minimum absolute atomic E-state index is 0.247. The number of nitrogens with one attached hydrogen (secondary N) is 1. The van der Waals surface area contributed by atoms with Crippen LogP contribution in [-0.4, -0.2) is 42.4 Å². The van der Waals surface area contributed by atoms with Crippen molar-refractivity contribution in [3.63, 3.8) is 0 Å². The van der Waals surface area contributed by atoms with E-state index in [0.29, 0.717) is 13.0 Å². The van der Waals surface area contributed by atoms with Crippen LogP contribution in [0, 0.1) is 0 Å². The summed E-state index contributed by atoms with van der Waals surface area (Å²) in [7, 11) is 1.52. The summed E-state index contributed by atoms with van der Waals surface area (Å²) < 4.78 is 5.13. The van der Waals surface area contributed by atoms with Gasteiger partial charge in [0.05, 0.1) is 6.61 Å². The summed E-state index contributed by atoms with van der Waals surface area (Å²) in [6, 6.07) is -0.597. The van der Waals surface area contributed by atoms with Gasteiger partial charge in [-0.1, -0.05) is 0 Å². The quantitative estimate of drug-likeness (QED) is 0.719. The zero-order chi connectivity index (χ0) is 12.3. The Morgan fingerprint density at radius 2 is 2.06 bits per heavy atom. The molecule has 0 aromatic heterocycles. The number of carbonyl (C=O) groups is 2. The molecule has 0 saturated carbocycles. The molecule has 0 radical (unpaired) electrons. The zero-order valence-electron chi connectivity index (χ0n) is 10.1. The first-order valence-corrected chi connectivity index (χ1v) is 5.22. The lowest BCUT2D eigenvalue weighted by atomic mass is 10.2. The van der Waals surface area contributed by atoms with Crippen molar-refractivity contribution < 1.29 is 19.2 Å². The molecule has 2 amide bonds. The van der Waals surface area contributed by atoms with Gasteiger partial charge in [-0.15, -0.1) is 0 Å². The Morgan fingerprint density at radius 3 is 2.56 bits per heavy atom. The Kier molecular flexibility index (Phi) is 3.74. The lowest BCUT2D eigenvalue weighted by Gasteiger charge is -2.26. The lowest BCUT2D eigenvalue weighted by molar-refractivity contribution is -0.146. The monoisotopic (exact) mass is 230 g/mol. The molecule has 1 aliphatic heterocycles. The van der Waals surface area contributed by atoms with Crippen LogP contribution in [0.5, 0.6) is 0 Å². The number of likely N-dealkylation sites (N-methyl/N-ethyl adjacent to an activating group) is 1. The van der Waals surface area contributed by atoms with Crippen molar-refractivity contribution in [2.24, 2.45) is 0 Å². The summed E-state index contributed by atoms with van der Waals surface area (Å²) in [6.07, 6.45) is -0.141. The van der Waals surface area contributed by atoms with E-state index in [9.17, 15) is 9.59 Å². The highest BCUT2D eigenvalue weighted by molar-refractivity contribution is 5.85. The van der Waals surface area contributed by atoms with Gasteiger partial charge in [-0.25, -0.2) is 4.79 Å². The van der Waals surface area contributed by atoms with E-state index < -0.39 is 17.7 Å². The molecule has 1 atom stereocenters. The molecule has 1 aliphatic rings. The maximum Gasteiger partial charge on any atom is 0.435 e. The van der Waals surface area contributed by atoms with Gasteiger partial charge in [-0.2, -0.15) is 5.06 Å².